The van der Waals surface area contributed by atoms with Gasteiger partial charge in [-0.05, 0) is 33.6 Å². The van der Waals surface area contributed by atoms with Gasteiger partial charge in [0.1, 0.15) is 0 Å². The van der Waals surface area contributed by atoms with Crippen molar-refractivity contribution in [1.82, 2.24) is 0 Å². The van der Waals surface area contributed by atoms with Crippen molar-refractivity contribution >= 4 is 11.3 Å². The maximum absolute atomic E-state index is 11.8. The van der Waals surface area contributed by atoms with Gasteiger partial charge in [-0.15, -0.1) is 11.3 Å². The molecule has 0 saturated heterocycles. The molecular formula is C21H20OS. The fraction of sp³-hybridized carbons (Fsp3) is 0.238. The molecule has 1 unspecified atom stereocenters. The number of aliphatic hydroxyl groups is 1. The summed E-state index contributed by atoms with van der Waals surface area (Å²) >= 11 is 1.61. The van der Waals surface area contributed by atoms with E-state index in [-0.39, 0.29) is 5.41 Å². The molecule has 23 heavy (non-hydrogen) atoms. The maximum atomic E-state index is 11.8. The first-order valence-electron chi connectivity index (χ1n) is 7.93. The molecule has 0 saturated carbocycles. The van der Waals surface area contributed by atoms with Crippen LogP contribution in [-0.4, -0.2) is 5.11 Å². The Hall–Kier alpha value is -1.90. The highest BCUT2D eigenvalue weighted by Gasteiger charge is 2.44. The number of hydrogen-bond donors (Lipinski definition) is 1. The van der Waals surface area contributed by atoms with Gasteiger partial charge in [0.2, 0.25) is 0 Å². The fourth-order valence-electron chi connectivity index (χ4n) is 3.47. The van der Waals surface area contributed by atoms with Crippen LogP contribution < -0.4 is 0 Å². The lowest BCUT2D eigenvalue weighted by Crippen LogP contribution is -2.25. The molecule has 2 aromatic carbocycles. The van der Waals surface area contributed by atoms with Crippen LogP contribution in [0.1, 0.15) is 42.3 Å². The molecule has 3 aromatic rings. The molecule has 1 N–H and O–H groups in total. The minimum atomic E-state index is -1.04. The highest BCUT2D eigenvalue weighted by atomic mass is 32.1. The Morgan fingerprint density at radius 3 is 2.30 bits per heavy atom. The van der Waals surface area contributed by atoms with Gasteiger partial charge in [-0.2, -0.15) is 0 Å². The zero-order chi connectivity index (χ0) is 16.2. The Bertz CT molecular complexity index is 871. The van der Waals surface area contributed by atoms with Gasteiger partial charge in [0.05, 0.1) is 0 Å². The van der Waals surface area contributed by atoms with Crippen molar-refractivity contribution in [3.63, 3.8) is 0 Å². The number of thiophene rings is 1. The van der Waals surface area contributed by atoms with Crippen LogP contribution in [0.25, 0.3) is 11.1 Å². The zero-order valence-corrected chi connectivity index (χ0v) is 14.4. The lowest BCUT2D eigenvalue weighted by molar-refractivity contribution is 0.134. The predicted molar refractivity (Wildman–Crippen MR) is 97.0 cm³/mol. The third-order valence-electron chi connectivity index (χ3n) is 4.76. The summed E-state index contributed by atoms with van der Waals surface area (Å²) in [5, 5.41) is 13.8. The minimum absolute atomic E-state index is 0.0557. The summed E-state index contributed by atoms with van der Waals surface area (Å²) in [6, 6.07) is 18.8. The SMILES string of the molecule is CC(C)(C)c1ccc2c(c1)C(O)(c1cccs1)c1ccccc1-2. The van der Waals surface area contributed by atoms with Crippen LogP contribution in [0.5, 0.6) is 0 Å². The summed E-state index contributed by atoms with van der Waals surface area (Å²) in [7, 11) is 0. The molecule has 1 aliphatic rings. The van der Waals surface area contributed by atoms with Crippen LogP contribution in [0, 0.1) is 0 Å². The van der Waals surface area contributed by atoms with Crippen molar-refractivity contribution in [2.45, 2.75) is 31.8 Å². The lowest BCUT2D eigenvalue weighted by atomic mass is 9.82. The standard InChI is InChI=1S/C21H20OS/c1-20(2,3)14-10-11-16-15-7-4-5-8-17(15)21(22,18(16)13-14)19-9-6-12-23-19/h4-13,22H,1-3H3. The largest absolute Gasteiger partial charge is 0.375 e. The average Bonchev–Trinajstić information content (AvgIpc) is 3.14. The van der Waals surface area contributed by atoms with E-state index in [9.17, 15) is 5.11 Å². The highest BCUT2D eigenvalue weighted by Crippen LogP contribution is 2.52. The van der Waals surface area contributed by atoms with E-state index >= 15 is 0 Å². The van der Waals surface area contributed by atoms with Gasteiger partial charge in [-0.3, -0.25) is 0 Å². The summed E-state index contributed by atoms with van der Waals surface area (Å²) < 4.78 is 0. The van der Waals surface area contributed by atoms with Crippen LogP contribution in [0.4, 0.5) is 0 Å². The molecule has 2 heteroatoms. The second-order valence-electron chi connectivity index (χ2n) is 7.24. The van der Waals surface area contributed by atoms with Crippen LogP contribution in [0.2, 0.25) is 0 Å². The third kappa shape index (κ3) is 2.02. The van der Waals surface area contributed by atoms with Crippen LogP contribution in [-0.2, 0) is 11.0 Å². The Morgan fingerprint density at radius 2 is 1.61 bits per heavy atom. The highest BCUT2D eigenvalue weighted by molar-refractivity contribution is 7.10. The molecule has 1 atom stereocenters. The number of hydrogen-bond acceptors (Lipinski definition) is 2. The van der Waals surface area contributed by atoms with Gasteiger partial charge >= 0.3 is 0 Å². The average molecular weight is 320 g/mol. The van der Waals surface area contributed by atoms with Crippen molar-refractivity contribution < 1.29 is 5.11 Å². The molecule has 116 valence electrons. The number of rotatable bonds is 1. The van der Waals surface area contributed by atoms with E-state index in [2.05, 4.69) is 45.0 Å². The van der Waals surface area contributed by atoms with Crippen molar-refractivity contribution in [3.8, 4) is 11.1 Å². The van der Waals surface area contributed by atoms with E-state index in [0.717, 1.165) is 27.1 Å². The first kappa shape index (κ1) is 14.7. The Balaban J connectivity index is 2.05. The summed E-state index contributed by atoms with van der Waals surface area (Å²) in [4.78, 5) is 0.981. The smallest absolute Gasteiger partial charge is 0.150 e. The molecule has 1 heterocycles. The number of benzene rings is 2. The third-order valence-corrected chi connectivity index (χ3v) is 5.74. The summed E-state index contributed by atoms with van der Waals surface area (Å²) in [5.74, 6) is 0. The number of fused-ring (bicyclic) bond motifs is 3. The quantitative estimate of drug-likeness (QED) is 0.644. The maximum Gasteiger partial charge on any atom is 0.150 e. The van der Waals surface area contributed by atoms with Crippen molar-refractivity contribution in [1.29, 1.82) is 0 Å². The summed E-state index contributed by atoms with van der Waals surface area (Å²) in [6.07, 6.45) is 0. The van der Waals surface area contributed by atoms with Gasteiger partial charge in [-0.1, -0.05) is 69.3 Å². The normalized spacial score (nSPS) is 19.5. The fourth-order valence-corrected chi connectivity index (χ4v) is 4.32. The summed E-state index contributed by atoms with van der Waals surface area (Å²) in [6.45, 7) is 6.63. The van der Waals surface area contributed by atoms with Crippen LogP contribution in [0.15, 0.2) is 60.0 Å². The van der Waals surface area contributed by atoms with Crippen molar-refractivity contribution in [2.75, 3.05) is 0 Å². The van der Waals surface area contributed by atoms with E-state index in [1.165, 1.54) is 5.56 Å². The van der Waals surface area contributed by atoms with Gasteiger partial charge in [0, 0.05) is 16.0 Å². The first-order chi connectivity index (χ1) is 10.9. The monoisotopic (exact) mass is 320 g/mol. The molecule has 0 radical (unpaired) electrons. The topological polar surface area (TPSA) is 20.2 Å². The molecular weight excluding hydrogens is 300 g/mol. The molecule has 0 spiro atoms. The van der Waals surface area contributed by atoms with Gasteiger partial charge in [0.15, 0.2) is 5.60 Å². The molecule has 0 fully saturated rings. The van der Waals surface area contributed by atoms with Crippen LogP contribution >= 0.6 is 11.3 Å². The van der Waals surface area contributed by atoms with E-state index in [4.69, 9.17) is 0 Å². The second kappa shape index (κ2) is 4.80. The van der Waals surface area contributed by atoms with E-state index < -0.39 is 5.60 Å². The van der Waals surface area contributed by atoms with Crippen molar-refractivity contribution in [2.24, 2.45) is 0 Å². The van der Waals surface area contributed by atoms with Gasteiger partial charge in [-0.25, -0.2) is 0 Å². The predicted octanol–water partition coefficient (Wildman–Crippen LogP) is 5.31. The summed E-state index contributed by atoms with van der Waals surface area (Å²) in [5.41, 5.74) is 4.54. The van der Waals surface area contributed by atoms with Crippen LogP contribution in [0.3, 0.4) is 0 Å². The zero-order valence-electron chi connectivity index (χ0n) is 13.6. The molecule has 4 rings (SSSR count). The Kier molecular flexibility index (Phi) is 3.06. The second-order valence-corrected chi connectivity index (χ2v) is 8.19. The van der Waals surface area contributed by atoms with Gasteiger partial charge in [0.25, 0.3) is 0 Å². The lowest BCUT2D eigenvalue weighted by Gasteiger charge is -2.27. The van der Waals surface area contributed by atoms with Crippen molar-refractivity contribution in [3.05, 3.63) is 81.5 Å². The molecule has 1 aliphatic carbocycles. The van der Waals surface area contributed by atoms with E-state index in [1.54, 1.807) is 11.3 Å². The molecule has 0 aliphatic heterocycles. The van der Waals surface area contributed by atoms with E-state index in [1.807, 2.05) is 35.7 Å². The first-order valence-corrected chi connectivity index (χ1v) is 8.81. The Morgan fingerprint density at radius 1 is 0.870 bits per heavy atom. The molecule has 0 amide bonds. The molecule has 0 bridgehead atoms. The molecule has 1 aromatic heterocycles. The van der Waals surface area contributed by atoms with E-state index in [0.29, 0.717) is 0 Å². The van der Waals surface area contributed by atoms with Gasteiger partial charge < -0.3 is 5.11 Å². The molecule has 1 nitrogen and oxygen atoms in total. The Labute approximate surface area is 141 Å². The minimum Gasteiger partial charge on any atom is -0.375 e.